The second kappa shape index (κ2) is 14.8. The molecule has 8 heteroatoms. The van der Waals surface area contributed by atoms with Crippen molar-refractivity contribution in [2.45, 2.75) is 20.8 Å². The molecule has 0 radical (unpaired) electrons. The minimum absolute atomic E-state index is 0.0757. The Kier molecular flexibility index (Phi) is 11.5. The van der Waals surface area contributed by atoms with E-state index in [1.807, 2.05) is 38.1 Å². The van der Waals surface area contributed by atoms with Crippen LogP contribution < -0.4 is 15.5 Å². The van der Waals surface area contributed by atoms with E-state index in [0.717, 1.165) is 37.0 Å². The molecule has 0 spiro atoms. The Balaban J connectivity index is 0.000000898. The summed E-state index contributed by atoms with van der Waals surface area (Å²) in [7, 11) is 0. The summed E-state index contributed by atoms with van der Waals surface area (Å²) in [6.45, 7) is 16.2. The molecule has 2 heterocycles. The molecule has 3 aromatic rings. The summed E-state index contributed by atoms with van der Waals surface area (Å²) in [5.41, 5.74) is 1.42. The number of phenols is 1. The van der Waals surface area contributed by atoms with E-state index in [9.17, 15) is 9.90 Å². The van der Waals surface area contributed by atoms with E-state index >= 15 is 0 Å². The molecule has 2 aromatic carbocycles. The van der Waals surface area contributed by atoms with Crippen LogP contribution in [0.2, 0.25) is 0 Å². The number of nitrogens with one attached hydrogen (secondary N) is 2. The Bertz CT molecular complexity index is 1300. The first-order valence-corrected chi connectivity index (χ1v) is 12.1. The summed E-state index contributed by atoms with van der Waals surface area (Å²) in [4.78, 5) is 24.5. The molecular formula is C29H34N6O2. The second-order valence-electron chi connectivity index (χ2n) is 7.63. The van der Waals surface area contributed by atoms with Crippen LogP contribution in [0.4, 0.5) is 11.5 Å². The summed E-state index contributed by atoms with van der Waals surface area (Å²) in [6.07, 6.45) is 5.04. The maximum atomic E-state index is 13.2. The first-order valence-electron chi connectivity index (χ1n) is 12.1. The highest BCUT2D eigenvalue weighted by Crippen LogP contribution is 2.29. The lowest BCUT2D eigenvalue weighted by Gasteiger charge is -2.28. The van der Waals surface area contributed by atoms with Crippen molar-refractivity contribution in [1.29, 1.82) is 5.26 Å². The van der Waals surface area contributed by atoms with Gasteiger partial charge in [0, 0.05) is 56.2 Å². The zero-order valence-corrected chi connectivity index (χ0v) is 21.7. The number of aromatic nitrogens is 2. The Hall–Kier alpha value is -4.48. The zero-order valence-electron chi connectivity index (χ0n) is 21.7. The molecule has 3 N–H and O–H groups in total. The number of anilines is 2. The monoisotopic (exact) mass is 498 g/mol. The lowest BCUT2D eigenvalue weighted by atomic mass is 10.1. The quantitative estimate of drug-likeness (QED) is 0.395. The van der Waals surface area contributed by atoms with Gasteiger partial charge in [0.1, 0.15) is 17.3 Å². The van der Waals surface area contributed by atoms with E-state index in [0.29, 0.717) is 22.9 Å². The molecule has 0 atom stereocenters. The van der Waals surface area contributed by atoms with Crippen molar-refractivity contribution in [2.75, 3.05) is 36.4 Å². The SMILES string of the molecule is C=C/C=C(\C=C)c1nc(C(=O)Nc2cc(O)cc3ccccc23)cc(N2CCNCC2)n1.CC.CC#N. The molecule has 1 saturated heterocycles. The minimum atomic E-state index is -0.386. The van der Waals surface area contributed by atoms with Crippen LogP contribution >= 0.6 is 0 Å². The summed E-state index contributed by atoms with van der Waals surface area (Å²) in [5, 5.41) is 25.3. The van der Waals surface area contributed by atoms with E-state index in [4.69, 9.17) is 5.26 Å². The van der Waals surface area contributed by atoms with Crippen molar-refractivity contribution in [3.05, 3.63) is 85.4 Å². The van der Waals surface area contributed by atoms with Crippen LogP contribution in [0, 0.1) is 11.3 Å². The van der Waals surface area contributed by atoms with Crippen LogP contribution in [0.3, 0.4) is 0 Å². The summed E-state index contributed by atoms with van der Waals surface area (Å²) >= 11 is 0. The molecule has 1 amide bonds. The molecule has 0 aliphatic carbocycles. The zero-order chi connectivity index (χ0) is 27.2. The standard InChI is InChI=1S/C25H25N5O2.C2H3N.C2H6/c1-3-7-17(4-2)24-27-22(16-23(29-24)30-12-10-26-11-13-30)25(32)28-21-15-19(31)14-18-8-5-6-9-20(18)21;1-2-3;1-2/h3-9,14-16,26,31H,1-2,10-13H2,(H,28,32);1H3;1-2H3/b17-7+;;. The number of carbonyl (C=O) groups is 1. The highest BCUT2D eigenvalue weighted by molar-refractivity contribution is 6.09. The first kappa shape index (κ1) is 28.8. The molecule has 8 nitrogen and oxygen atoms in total. The van der Waals surface area contributed by atoms with Crippen molar-refractivity contribution < 1.29 is 9.90 Å². The van der Waals surface area contributed by atoms with Gasteiger partial charge in [-0.15, -0.1) is 0 Å². The second-order valence-corrected chi connectivity index (χ2v) is 7.63. The topological polar surface area (TPSA) is 114 Å². The number of phenolic OH excluding ortho intramolecular Hbond substituents is 1. The van der Waals surface area contributed by atoms with E-state index in [1.54, 1.807) is 36.4 Å². The number of aromatic hydroxyl groups is 1. The van der Waals surface area contributed by atoms with Gasteiger partial charge in [0.15, 0.2) is 5.82 Å². The number of piperazine rings is 1. The van der Waals surface area contributed by atoms with Gasteiger partial charge < -0.3 is 20.6 Å². The molecule has 1 fully saturated rings. The smallest absolute Gasteiger partial charge is 0.274 e. The van der Waals surface area contributed by atoms with Crippen LogP contribution in [0.25, 0.3) is 16.3 Å². The molecule has 192 valence electrons. The van der Waals surface area contributed by atoms with Gasteiger partial charge in [-0.3, -0.25) is 4.79 Å². The van der Waals surface area contributed by atoms with Crippen LogP contribution in [0.1, 0.15) is 37.1 Å². The average Bonchev–Trinajstić information content (AvgIpc) is 2.93. The summed E-state index contributed by atoms with van der Waals surface area (Å²) < 4.78 is 0. The average molecular weight is 499 g/mol. The van der Waals surface area contributed by atoms with Crippen LogP contribution in [0.15, 0.2) is 73.9 Å². The molecule has 0 saturated carbocycles. The number of nitrogens with zero attached hydrogens (tertiary/aromatic N) is 4. The van der Waals surface area contributed by atoms with E-state index in [2.05, 4.69) is 38.7 Å². The Morgan fingerprint density at radius 2 is 1.84 bits per heavy atom. The van der Waals surface area contributed by atoms with E-state index < -0.39 is 0 Å². The van der Waals surface area contributed by atoms with Gasteiger partial charge >= 0.3 is 0 Å². The van der Waals surface area contributed by atoms with Gasteiger partial charge in [-0.25, -0.2) is 9.97 Å². The fourth-order valence-electron chi connectivity index (χ4n) is 3.68. The third kappa shape index (κ3) is 7.75. The Labute approximate surface area is 218 Å². The summed E-state index contributed by atoms with van der Waals surface area (Å²) in [5.74, 6) is 0.774. The number of carbonyl (C=O) groups excluding carboxylic acids is 1. The highest BCUT2D eigenvalue weighted by Gasteiger charge is 2.19. The van der Waals surface area contributed by atoms with Crippen LogP contribution in [0.5, 0.6) is 5.75 Å². The molecule has 4 rings (SSSR count). The summed E-state index contributed by atoms with van der Waals surface area (Å²) in [6, 6.07) is 14.2. The van der Waals surface area contributed by atoms with E-state index in [-0.39, 0.29) is 17.4 Å². The van der Waals surface area contributed by atoms with E-state index in [1.165, 1.54) is 13.0 Å². The molecule has 1 aliphatic rings. The normalized spacial score (nSPS) is 12.7. The number of hydrogen-bond acceptors (Lipinski definition) is 7. The third-order valence-electron chi connectivity index (χ3n) is 5.26. The van der Waals surface area contributed by atoms with Gasteiger partial charge in [-0.05, 0) is 11.5 Å². The fourth-order valence-corrected chi connectivity index (χ4v) is 3.68. The van der Waals surface area contributed by atoms with Crippen molar-refractivity contribution in [3.8, 4) is 11.8 Å². The van der Waals surface area contributed by atoms with Crippen molar-refractivity contribution >= 4 is 33.8 Å². The minimum Gasteiger partial charge on any atom is -0.508 e. The number of nitriles is 1. The van der Waals surface area contributed by atoms with Crippen LogP contribution in [-0.2, 0) is 0 Å². The number of amides is 1. The molecule has 0 bridgehead atoms. The maximum absolute atomic E-state index is 13.2. The number of hydrogen-bond donors (Lipinski definition) is 3. The molecule has 0 unspecified atom stereocenters. The number of rotatable bonds is 6. The molecular weight excluding hydrogens is 464 g/mol. The van der Waals surface area contributed by atoms with Crippen LogP contribution in [-0.4, -0.2) is 47.2 Å². The number of allylic oxidation sites excluding steroid dienone is 4. The van der Waals surface area contributed by atoms with Crippen molar-refractivity contribution in [3.63, 3.8) is 0 Å². The molecule has 1 aromatic heterocycles. The van der Waals surface area contributed by atoms with Gasteiger partial charge in [0.2, 0.25) is 0 Å². The van der Waals surface area contributed by atoms with Crippen molar-refractivity contribution in [2.24, 2.45) is 0 Å². The molecule has 1 aliphatic heterocycles. The lowest BCUT2D eigenvalue weighted by Crippen LogP contribution is -2.44. The van der Waals surface area contributed by atoms with Gasteiger partial charge in [-0.2, -0.15) is 5.26 Å². The maximum Gasteiger partial charge on any atom is 0.274 e. The van der Waals surface area contributed by atoms with Crippen molar-refractivity contribution in [1.82, 2.24) is 15.3 Å². The largest absolute Gasteiger partial charge is 0.508 e. The predicted molar refractivity (Wildman–Crippen MR) is 152 cm³/mol. The van der Waals surface area contributed by atoms with Gasteiger partial charge in [-0.1, -0.05) is 69.5 Å². The molecule has 37 heavy (non-hydrogen) atoms. The fraction of sp³-hybridized carbons (Fsp3) is 0.241. The first-order chi connectivity index (χ1) is 18.0. The highest BCUT2D eigenvalue weighted by atomic mass is 16.3. The number of fused-ring (bicyclic) bond motifs is 1. The lowest BCUT2D eigenvalue weighted by molar-refractivity contribution is 0.102. The van der Waals surface area contributed by atoms with Gasteiger partial charge in [0.25, 0.3) is 5.91 Å². The Morgan fingerprint density at radius 1 is 1.16 bits per heavy atom. The third-order valence-corrected chi connectivity index (χ3v) is 5.26. The Morgan fingerprint density at radius 3 is 2.49 bits per heavy atom. The number of benzene rings is 2. The van der Waals surface area contributed by atoms with Gasteiger partial charge in [0.05, 0.1) is 11.8 Å². The predicted octanol–water partition coefficient (Wildman–Crippen LogP) is 5.31.